The van der Waals surface area contributed by atoms with Crippen LogP contribution in [0.25, 0.3) is 0 Å². The topological polar surface area (TPSA) is 15.3 Å². The number of rotatable bonds is 5. The van der Waals surface area contributed by atoms with Crippen LogP contribution in [-0.2, 0) is 0 Å². The van der Waals surface area contributed by atoms with Gasteiger partial charge in [0.1, 0.15) is 5.82 Å². The Balaban J connectivity index is 1.96. The van der Waals surface area contributed by atoms with E-state index >= 15 is 0 Å². The van der Waals surface area contributed by atoms with Crippen molar-refractivity contribution in [1.82, 2.24) is 5.32 Å². The van der Waals surface area contributed by atoms with E-state index in [4.69, 9.17) is 0 Å². The van der Waals surface area contributed by atoms with Crippen LogP contribution in [0, 0.1) is 11.7 Å². The van der Waals surface area contributed by atoms with Crippen molar-refractivity contribution in [2.75, 3.05) is 25.0 Å². The molecule has 1 aliphatic rings. The van der Waals surface area contributed by atoms with Crippen LogP contribution in [-0.4, -0.2) is 26.2 Å². The van der Waals surface area contributed by atoms with E-state index in [-0.39, 0.29) is 5.82 Å². The van der Waals surface area contributed by atoms with Gasteiger partial charge in [-0.05, 0) is 43.5 Å². The van der Waals surface area contributed by atoms with E-state index in [2.05, 4.69) is 24.2 Å². The molecule has 0 bridgehead atoms. The fourth-order valence-electron chi connectivity index (χ4n) is 2.96. The Labute approximate surface area is 109 Å². The molecule has 2 unspecified atom stereocenters. The smallest absolute Gasteiger partial charge is 0.125 e. The highest BCUT2D eigenvalue weighted by Gasteiger charge is 2.27. The molecule has 18 heavy (non-hydrogen) atoms. The Kier molecular flexibility index (Phi) is 4.59. The van der Waals surface area contributed by atoms with Gasteiger partial charge in [0.15, 0.2) is 0 Å². The molecule has 3 heteroatoms. The highest BCUT2D eigenvalue weighted by Crippen LogP contribution is 2.27. The zero-order valence-electron chi connectivity index (χ0n) is 11.3. The number of benzene rings is 1. The molecule has 2 rings (SSSR count). The summed E-state index contributed by atoms with van der Waals surface area (Å²) in [4.78, 5) is 2.17. The summed E-state index contributed by atoms with van der Waals surface area (Å²) in [6.45, 7) is 4.19. The van der Waals surface area contributed by atoms with Crippen LogP contribution in [0.2, 0.25) is 0 Å². The maximum absolute atomic E-state index is 13.2. The first-order valence-electron chi connectivity index (χ1n) is 6.90. The summed E-state index contributed by atoms with van der Waals surface area (Å²) in [7, 11) is 2.05. The van der Waals surface area contributed by atoms with Gasteiger partial charge in [0.2, 0.25) is 0 Å². The van der Waals surface area contributed by atoms with Crippen molar-refractivity contribution in [3.8, 4) is 0 Å². The zero-order valence-corrected chi connectivity index (χ0v) is 11.3. The molecule has 0 heterocycles. The number of nitrogens with one attached hydrogen (secondary N) is 1. The Morgan fingerprint density at radius 2 is 2.22 bits per heavy atom. The highest BCUT2D eigenvalue weighted by molar-refractivity contribution is 5.45. The second-order valence-corrected chi connectivity index (χ2v) is 5.22. The number of hydrogen-bond acceptors (Lipinski definition) is 2. The van der Waals surface area contributed by atoms with E-state index in [0.29, 0.717) is 12.0 Å². The third kappa shape index (κ3) is 3.22. The van der Waals surface area contributed by atoms with Crippen molar-refractivity contribution in [2.45, 2.75) is 32.2 Å². The maximum atomic E-state index is 13.2. The van der Waals surface area contributed by atoms with Crippen LogP contribution < -0.4 is 10.2 Å². The Morgan fingerprint density at radius 1 is 1.39 bits per heavy atom. The molecule has 100 valence electrons. The average Bonchev–Trinajstić information content (AvgIpc) is 2.77. The van der Waals surface area contributed by atoms with Crippen molar-refractivity contribution in [1.29, 1.82) is 0 Å². The molecule has 2 nitrogen and oxygen atoms in total. The molecule has 0 aromatic heterocycles. The first kappa shape index (κ1) is 13.3. The number of halogens is 1. The normalized spacial score (nSPS) is 23.3. The van der Waals surface area contributed by atoms with E-state index in [9.17, 15) is 4.39 Å². The van der Waals surface area contributed by atoms with Crippen LogP contribution in [0.1, 0.15) is 26.2 Å². The molecule has 0 saturated heterocycles. The minimum Gasteiger partial charge on any atom is -0.374 e. The van der Waals surface area contributed by atoms with Gasteiger partial charge in [-0.25, -0.2) is 4.39 Å². The monoisotopic (exact) mass is 250 g/mol. The second kappa shape index (κ2) is 6.19. The summed E-state index contributed by atoms with van der Waals surface area (Å²) < 4.78 is 13.2. The molecule has 1 aromatic rings. The zero-order chi connectivity index (χ0) is 13.0. The molecule has 1 aliphatic carbocycles. The van der Waals surface area contributed by atoms with Crippen LogP contribution in [0.4, 0.5) is 10.1 Å². The predicted molar refractivity (Wildman–Crippen MR) is 74.5 cm³/mol. The first-order chi connectivity index (χ1) is 8.70. The minimum atomic E-state index is -0.158. The predicted octanol–water partition coefficient (Wildman–Crippen LogP) is 3.04. The number of nitrogens with zero attached hydrogens (tertiary/aromatic N) is 1. The second-order valence-electron chi connectivity index (χ2n) is 5.22. The molecular weight excluding hydrogens is 227 g/mol. The lowest BCUT2D eigenvalue weighted by molar-refractivity contribution is 0.411. The summed E-state index contributed by atoms with van der Waals surface area (Å²) in [5.41, 5.74) is 0.970. The summed E-state index contributed by atoms with van der Waals surface area (Å²) in [5, 5.41) is 3.56. The average molecular weight is 250 g/mol. The van der Waals surface area contributed by atoms with Gasteiger partial charge >= 0.3 is 0 Å². The van der Waals surface area contributed by atoms with Crippen molar-refractivity contribution in [3.05, 3.63) is 30.1 Å². The van der Waals surface area contributed by atoms with E-state index in [1.807, 2.05) is 6.07 Å². The minimum absolute atomic E-state index is 0.158. The number of hydrogen-bond donors (Lipinski definition) is 1. The molecule has 1 N–H and O–H groups in total. The van der Waals surface area contributed by atoms with Gasteiger partial charge in [0, 0.05) is 25.3 Å². The summed E-state index contributed by atoms with van der Waals surface area (Å²) >= 11 is 0. The number of anilines is 1. The van der Waals surface area contributed by atoms with Crippen molar-refractivity contribution < 1.29 is 4.39 Å². The Morgan fingerprint density at radius 3 is 2.94 bits per heavy atom. The summed E-state index contributed by atoms with van der Waals surface area (Å²) in [6.07, 6.45) is 3.85. The molecule has 2 atom stereocenters. The summed E-state index contributed by atoms with van der Waals surface area (Å²) in [5.74, 6) is 0.521. The highest BCUT2D eigenvalue weighted by atomic mass is 19.1. The molecule has 1 fully saturated rings. The third-order valence-electron chi connectivity index (χ3n) is 3.88. The Hall–Kier alpha value is -1.09. The van der Waals surface area contributed by atoms with Gasteiger partial charge in [0.05, 0.1) is 0 Å². The lowest BCUT2D eigenvalue weighted by Gasteiger charge is -2.27. The summed E-state index contributed by atoms with van der Waals surface area (Å²) in [6, 6.07) is 7.48. The van der Waals surface area contributed by atoms with Crippen molar-refractivity contribution in [3.63, 3.8) is 0 Å². The largest absolute Gasteiger partial charge is 0.374 e. The van der Waals surface area contributed by atoms with Crippen LogP contribution >= 0.6 is 0 Å². The van der Waals surface area contributed by atoms with Gasteiger partial charge in [-0.3, -0.25) is 0 Å². The molecule has 0 amide bonds. The van der Waals surface area contributed by atoms with E-state index < -0.39 is 0 Å². The SMILES string of the molecule is CCNC1CCCC1CN(C)c1cccc(F)c1. The molecule has 1 saturated carbocycles. The fourth-order valence-corrected chi connectivity index (χ4v) is 2.96. The molecule has 1 aromatic carbocycles. The van der Waals surface area contributed by atoms with E-state index in [0.717, 1.165) is 18.8 Å². The van der Waals surface area contributed by atoms with Gasteiger partial charge in [-0.2, -0.15) is 0 Å². The van der Waals surface area contributed by atoms with Gasteiger partial charge < -0.3 is 10.2 Å². The van der Waals surface area contributed by atoms with E-state index in [1.54, 1.807) is 12.1 Å². The van der Waals surface area contributed by atoms with Crippen LogP contribution in [0.3, 0.4) is 0 Å². The fraction of sp³-hybridized carbons (Fsp3) is 0.600. The molecule has 0 spiro atoms. The van der Waals surface area contributed by atoms with E-state index in [1.165, 1.54) is 25.3 Å². The van der Waals surface area contributed by atoms with Gasteiger partial charge in [-0.1, -0.05) is 19.4 Å². The molecule has 0 radical (unpaired) electrons. The van der Waals surface area contributed by atoms with Crippen molar-refractivity contribution >= 4 is 5.69 Å². The standard InChI is InChI=1S/C15H23FN2/c1-3-17-15-9-4-6-12(15)11-18(2)14-8-5-7-13(16)10-14/h5,7-8,10,12,15,17H,3-4,6,9,11H2,1-2H3. The third-order valence-corrected chi connectivity index (χ3v) is 3.88. The quantitative estimate of drug-likeness (QED) is 0.864. The van der Waals surface area contributed by atoms with Crippen LogP contribution in [0.5, 0.6) is 0 Å². The molecule has 0 aliphatic heterocycles. The lowest BCUT2D eigenvalue weighted by Crippen LogP contribution is -2.38. The lowest BCUT2D eigenvalue weighted by atomic mass is 10.0. The van der Waals surface area contributed by atoms with Crippen LogP contribution in [0.15, 0.2) is 24.3 Å². The first-order valence-corrected chi connectivity index (χ1v) is 6.90. The van der Waals surface area contributed by atoms with Crippen molar-refractivity contribution in [2.24, 2.45) is 5.92 Å². The van der Waals surface area contributed by atoms with Gasteiger partial charge in [0.25, 0.3) is 0 Å². The van der Waals surface area contributed by atoms with Gasteiger partial charge in [-0.15, -0.1) is 0 Å². The molecular formula is C15H23FN2. The maximum Gasteiger partial charge on any atom is 0.125 e. The Bertz CT molecular complexity index is 381.